The lowest BCUT2D eigenvalue weighted by atomic mass is 9.99. The minimum atomic E-state index is -0.000152. The summed E-state index contributed by atoms with van der Waals surface area (Å²) in [6, 6.07) is 8.82. The first kappa shape index (κ1) is 14.0. The Bertz CT molecular complexity index is 485. The van der Waals surface area contributed by atoms with Crippen molar-refractivity contribution in [2.24, 2.45) is 0 Å². The molecule has 3 rings (SSSR count). The molecule has 1 aromatic carbocycles. The maximum atomic E-state index is 12.8. The third-order valence-corrected chi connectivity index (χ3v) is 5.65. The molecule has 20 heavy (non-hydrogen) atoms. The van der Waals surface area contributed by atoms with Crippen molar-refractivity contribution in [3.63, 3.8) is 0 Å². The standard InChI is InChI=1S/C16H22N2OS/c1-18(13-6-9-17-10-7-13)16(19)15-14-5-3-2-4-12(14)8-11-20-15/h2-5,13,15,17H,6-11H2,1H3. The van der Waals surface area contributed by atoms with Crippen LogP contribution in [-0.2, 0) is 11.2 Å². The second-order valence-corrected chi connectivity index (χ2v) is 6.84. The Hall–Kier alpha value is -1.00. The molecule has 3 nitrogen and oxygen atoms in total. The molecular formula is C16H22N2OS. The maximum Gasteiger partial charge on any atom is 0.240 e. The smallest absolute Gasteiger partial charge is 0.240 e. The van der Waals surface area contributed by atoms with Gasteiger partial charge in [0.15, 0.2) is 0 Å². The molecule has 1 amide bonds. The van der Waals surface area contributed by atoms with Gasteiger partial charge in [-0.3, -0.25) is 4.79 Å². The van der Waals surface area contributed by atoms with Crippen LogP contribution in [0.4, 0.5) is 0 Å². The van der Waals surface area contributed by atoms with Gasteiger partial charge in [0.05, 0.1) is 0 Å². The number of likely N-dealkylation sites (N-methyl/N-ethyl adjacent to an activating group) is 1. The van der Waals surface area contributed by atoms with E-state index in [1.165, 1.54) is 11.1 Å². The summed E-state index contributed by atoms with van der Waals surface area (Å²) in [4.78, 5) is 14.8. The summed E-state index contributed by atoms with van der Waals surface area (Å²) < 4.78 is 0. The average Bonchev–Trinajstić information content (AvgIpc) is 2.54. The Kier molecular flexibility index (Phi) is 4.32. The van der Waals surface area contributed by atoms with E-state index in [-0.39, 0.29) is 11.2 Å². The van der Waals surface area contributed by atoms with Gasteiger partial charge in [0.25, 0.3) is 0 Å². The van der Waals surface area contributed by atoms with Crippen molar-refractivity contribution in [3.8, 4) is 0 Å². The molecule has 1 aromatic rings. The van der Waals surface area contributed by atoms with Crippen molar-refractivity contribution in [1.82, 2.24) is 10.2 Å². The summed E-state index contributed by atoms with van der Waals surface area (Å²) in [5, 5.41) is 3.36. The maximum absolute atomic E-state index is 12.8. The summed E-state index contributed by atoms with van der Waals surface area (Å²) in [5.74, 6) is 1.34. The van der Waals surface area contributed by atoms with Crippen LogP contribution < -0.4 is 5.32 Å². The molecule has 2 heterocycles. The number of carbonyl (C=O) groups excluding carboxylic acids is 1. The molecular weight excluding hydrogens is 268 g/mol. The van der Waals surface area contributed by atoms with Crippen molar-refractivity contribution >= 4 is 17.7 Å². The number of fused-ring (bicyclic) bond motifs is 1. The summed E-state index contributed by atoms with van der Waals surface area (Å²) in [6.07, 6.45) is 3.23. The third-order valence-electron chi connectivity index (χ3n) is 4.42. The van der Waals surface area contributed by atoms with Gasteiger partial charge in [-0.05, 0) is 49.2 Å². The van der Waals surface area contributed by atoms with Gasteiger partial charge in [-0.2, -0.15) is 0 Å². The molecule has 108 valence electrons. The van der Waals surface area contributed by atoms with Gasteiger partial charge in [0.2, 0.25) is 5.91 Å². The van der Waals surface area contributed by atoms with Gasteiger partial charge in [-0.15, -0.1) is 11.8 Å². The predicted molar refractivity (Wildman–Crippen MR) is 84.0 cm³/mol. The quantitative estimate of drug-likeness (QED) is 0.906. The van der Waals surface area contributed by atoms with E-state index in [1.807, 2.05) is 11.9 Å². The first-order chi connectivity index (χ1) is 9.77. The number of aryl methyl sites for hydroxylation is 1. The van der Waals surface area contributed by atoms with Crippen LogP contribution in [0.3, 0.4) is 0 Å². The van der Waals surface area contributed by atoms with Gasteiger partial charge in [-0.1, -0.05) is 24.3 Å². The molecule has 2 aliphatic rings. The van der Waals surface area contributed by atoms with E-state index in [9.17, 15) is 4.79 Å². The molecule has 1 fully saturated rings. The Morgan fingerprint density at radius 1 is 1.30 bits per heavy atom. The lowest BCUT2D eigenvalue weighted by Gasteiger charge is -2.35. The third kappa shape index (κ3) is 2.72. The molecule has 1 N–H and O–H groups in total. The Labute approximate surface area is 125 Å². The van der Waals surface area contributed by atoms with Crippen LogP contribution in [0.15, 0.2) is 24.3 Å². The normalized spacial score (nSPS) is 23.1. The van der Waals surface area contributed by atoms with E-state index in [0.29, 0.717) is 6.04 Å². The van der Waals surface area contributed by atoms with Crippen molar-refractivity contribution in [3.05, 3.63) is 35.4 Å². The van der Waals surface area contributed by atoms with Gasteiger partial charge in [-0.25, -0.2) is 0 Å². The molecule has 0 radical (unpaired) electrons. The zero-order chi connectivity index (χ0) is 13.9. The van der Waals surface area contributed by atoms with Crippen LogP contribution in [0.2, 0.25) is 0 Å². The molecule has 1 saturated heterocycles. The predicted octanol–water partition coefficient (Wildman–Crippen LogP) is 2.23. The van der Waals surface area contributed by atoms with Crippen LogP contribution in [0, 0.1) is 0 Å². The SMILES string of the molecule is CN(C(=O)C1SCCc2ccccc21)C1CCNCC1. The minimum Gasteiger partial charge on any atom is -0.341 e. The number of nitrogens with one attached hydrogen (secondary N) is 1. The van der Waals surface area contributed by atoms with E-state index in [0.717, 1.165) is 38.1 Å². The second-order valence-electron chi connectivity index (χ2n) is 5.63. The van der Waals surface area contributed by atoms with E-state index >= 15 is 0 Å². The van der Waals surface area contributed by atoms with Crippen LogP contribution in [0.25, 0.3) is 0 Å². The lowest BCUT2D eigenvalue weighted by Crippen LogP contribution is -2.45. The number of thioether (sulfide) groups is 1. The average molecular weight is 290 g/mol. The largest absolute Gasteiger partial charge is 0.341 e. The summed E-state index contributed by atoms with van der Waals surface area (Å²) in [5.41, 5.74) is 2.58. The van der Waals surface area contributed by atoms with Gasteiger partial charge in [0.1, 0.15) is 5.25 Å². The number of hydrogen-bond donors (Lipinski definition) is 1. The lowest BCUT2D eigenvalue weighted by molar-refractivity contribution is -0.132. The monoisotopic (exact) mass is 290 g/mol. The Morgan fingerprint density at radius 2 is 2.05 bits per heavy atom. The van der Waals surface area contributed by atoms with Gasteiger partial charge < -0.3 is 10.2 Å². The summed E-state index contributed by atoms with van der Waals surface area (Å²) in [6.45, 7) is 2.05. The van der Waals surface area contributed by atoms with Crippen molar-refractivity contribution < 1.29 is 4.79 Å². The van der Waals surface area contributed by atoms with Crippen LogP contribution >= 0.6 is 11.8 Å². The zero-order valence-electron chi connectivity index (χ0n) is 12.0. The molecule has 0 aromatic heterocycles. The van der Waals surface area contributed by atoms with E-state index < -0.39 is 0 Å². The van der Waals surface area contributed by atoms with Crippen molar-refractivity contribution in [2.75, 3.05) is 25.9 Å². The number of nitrogens with zero attached hydrogens (tertiary/aromatic N) is 1. The Balaban J connectivity index is 1.77. The number of amides is 1. The number of hydrogen-bond acceptors (Lipinski definition) is 3. The zero-order valence-corrected chi connectivity index (χ0v) is 12.8. The highest BCUT2D eigenvalue weighted by Gasteiger charge is 2.32. The molecule has 0 spiro atoms. The van der Waals surface area contributed by atoms with E-state index in [1.54, 1.807) is 11.8 Å². The van der Waals surface area contributed by atoms with Crippen LogP contribution in [0.1, 0.15) is 29.2 Å². The molecule has 1 atom stereocenters. The molecule has 2 aliphatic heterocycles. The van der Waals surface area contributed by atoms with Crippen molar-refractivity contribution in [1.29, 1.82) is 0 Å². The van der Waals surface area contributed by atoms with Gasteiger partial charge in [0, 0.05) is 13.1 Å². The highest BCUT2D eigenvalue weighted by molar-refractivity contribution is 8.00. The summed E-state index contributed by atoms with van der Waals surface area (Å²) in [7, 11) is 1.98. The molecule has 4 heteroatoms. The first-order valence-corrected chi connectivity index (χ1v) is 8.49. The molecule has 0 saturated carbocycles. The van der Waals surface area contributed by atoms with E-state index in [2.05, 4.69) is 29.6 Å². The fourth-order valence-electron chi connectivity index (χ4n) is 3.16. The topological polar surface area (TPSA) is 32.3 Å². The molecule has 0 bridgehead atoms. The van der Waals surface area contributed by atoms with Crippen LogP contribution in [-0.4, -0.2) is 42.7 Å². The molecule has 0 aliphatic carbocycles. The highest BCUT2D eigenvalue weighted by Crippen LogP contribution is 2.38. The molecule has 1 unspecified atom stereocenters. The van der Waals surface area contributed by atoms with Crippen molar-refractivity contribution in [2.45, 2.75) is 30.6 Å². The first-order valence-electron chi connectivity index (χ1n) is 7.44. The Morgan fingerprint density at radius 3 is 2.85 bits per heavy atom. The number of piperidine rings is 1. The number of carbonyl (C=O) groups is 1. The van der Waals surface area contributed by atoms with E-state index in [4.69, 9.17) is 0 Å². The summed E-state index contributed by atoms with van der Waals surface area (Å²) >= 11 is 1.80. The minimum absolute atomic E-state index is 0.000152. The fourth-order valence-corrected chi connectivity index (χ4v) is 4.45. The number of benzene rings is 1. The second kappa shape index (κ2) is 6.19. The highest BCUT2D eigenvalue weighted by atomic mass is 32.2. The van der Waals surface area contributed by atoms with Gasteiger partial charge >= 0.3 is 0 Å². The number of rotatable bonds is 2. The van der Waals surface area contributed by atoms with Crippen LogP contribution in [0.5, 0.6) is 0 Å². The fraction of sp³-hybridized carbons (Fsp3) is 0.562.